The van der Waals surface area contributed by atoms with E-state index in [9.17, 15) is 0 Å². The molecule has 0 atom stereocenters. The van der Waals surface area contributed by atoms with Crippen LogP contribution in [0.5, 0.6) is 11.5 Å². The Morgan fingerprint density at radius 2 is 0.643 bits per heavy atom. The van der Waals surface area contributed by atoms with E-state index in [2.05, 4.69) is 67.5 Å². The number of benzene rings is 2. The van der Waals surface area contributed by atoms with Gasteiger partial charge in [0.1, 0.15) is 0 Å². The minimum Gasteiger partial charge on any atom is -0.290 e. The molecular weight excluding hydrogens is 512 g/mol. The molecule has 238 valence electrons. The van der Waals surface area contributed by atoms with Crippen LogP contribution in [0.4, 0.5) is 0 Å². The van der Waals surface area contributed by atoms with Gasteiger partial charge in [0, 0.05) is 11.1 Å². The summed E-state index contributed by atoms with van der Waals surface area (Å²) >= 11 is 0. The normalized spacial score (nSPS) is 11.3. The van der Waals surface area contributed by atoms with Crippen molar-refractivity contribution in [1.29, 1.82) is 0 Å². The van der Waals surface area contributed by atoms with Crippen molar-refractivity contribution >= 4 is 0 Å². The number of unbranched alkanes of at least 4 members (excludes halogenated alkanes) is 4. The SMILES string of the molecule is CCCCc1cc(OOc2cc(CCCC)c(CCC)c(CCCC)c2CCC)c(CCC)c(CCCC)c1CCC. The first-order valence-corrected chi connectivity index (χ1v) is 18.2. The zero-order chi connectivity index (χ0) is 30.7. The molecule has 0 spiro atoms. The van der Waals surface area contributed by atoms with Crippen molar-refractivity contribution < 1.29 is 9.78 Å². The van der Waals surface area contributed by atoms with Crippen LogP contribution in [0, 0.1) is 0 Å². The molecule has 0 radical (unpaired) electrons. The second-order valence-electron chi connectivity index (χ2n) is 12.5. The highest BCUT2D eigenvalue weighted by Gasteiger charge is 2.22. The molecule has 0 fully saturated rings. The van der Waals surface area contributed by atoms with Gasteiger partial charge in [0.25, 0.3) is 0 Å². The Bertz CT molecular complexity index is 951. The van der Waals surface area contributed by atoms with E-state index in [1.807, 2.05) is 0 Å². The van der Waals surface area contributed by atoms with E-state index in [4.69, 9.17) is 9.78 Å². The first kappa shape index (κ1) is 36.2. The predicted molar refractivity (Wildman–Crippen MR) is 185 cm³/mol. The smallest absolute Gasteiger partial charge is 0.182 e. The minimum absolute atomic E-state index is 0.971. The molecular formula is C40H66O2. The van der Waals surface area contributed by atoms with Crippen LogP contribution in [0.15, 0.2) is 12.1 Å². The van der Waals surface area contributed by atoms with Crippen LogP contribution < -0.4 is 9.78 Å². The summed E-state index contributed by atoms with van der Waals surface area (Å²) in [7, 11) is 0. The summed E-state index contributed by atoms with van der Waals surface area (Å²) in [5, 5.41) is 0. The fourth-order valence-electron chi connectivity index (χ4n) is 6.62. The molecule has 2 aromatic carbocycles. The average molecular weight is 579 g/mol. The number of aryl methyl sites for hydroxylation is 2. The van der Waals surface area contributed by atoms with E-state index in [1.165, 1.54) is 86.5 Å². The molecule has 2 heteroatoms. The fraction of sp³-hybridized carbons (Fsp3) is 0.700. The molecule has 0 amide bonds. The van der Waals surface area contributed by atoms with Gasteiger partial charge in [0.2, 0.25) is 0 Å². The molecule has 2 rings (SSSR count). The van der Waals surface area contributed by atoms with Gasteiger partial charge in [-0.2, -0.15) is 0 Å². The zero-order valence-corrected chi connectivity index (χ0v) is 29.1. The molecule has 0 unspecified atom stereocenters. The van der Waals surface area contributed by atoms with Gasteiger partial charge in [-0.3, -0.25) is 9.78 Å². The lowest BCUT2D eigenvalue weighted by Crippen LogP contribution is -2.13. The molecule has 0 N–H and O–H groups in total. The highest BCUT2D eigenvalue weighted by Crippen LogP contribution is 2.37. The van der Waals surface area contributed by atoms with Gasteiger partial charge < -0.3 is 0 Å². The van der Waals surface area contributed by atoms with E-state index in [-0.39, 0.29) is 0 Å². The second kappa shape index (κ2) is 20.9. The lowest BCUT2D eigenvalue weighted by Gasteiger charge is -2.24. The molecule has 0 aliphatic carbocycles. The van der Waals surface area contributed by atoms with Crippen LogP contribution in [-0.2, 0) is 51.4 Å². The summed E-state index contributed by atoms with van der Waals surface area (Å²) in [6.07, 6.45) is 23.3. The van der Waals surface area contributed by atoms with Gasteiger partial charge in [-0.25, -0.2) is 0 Å². The molecule has 0 aromatic heterocycles. The van der Waals surface area contributed by atoms with E-state index in [1.54, 1.807) is 22.3 Å². The van der Waals surface area contributed by atoms with Crippen molar-refractivity contribution in [3.05, 3.63) is 56.6 Å². The maximum Gasteiger partial charge on any atom is 0.182 e. The van der Waals surface area contributed by atoms with Crippen molar-refractivity contribution in [1.82, 2.24) is 0 Å². The number of hydrogen-bond donors (Lipinski definition) is 0. The molecule has 0 saturated heterocycles. The monoisotopic (exact) mass is 579 g/mol. The van der Waals surface area contributed by atoms with Crippen molar-refractivity contribution in [2.45, 2.75) is 184 Å². The van der Waals surface area contributed by atoms with Gasteiger partial charge in [-0.1, -0.05) is 107 Å². The first-order valence-electron chi connectivity index (χ1n) is 18.2. The van der Waals surface area contributed by atoms with Gasteiger partial charge in [0.15, 0.2) is 11.5 Å². The van der Waals surface area contributed by atoms with Crippen LogP contribution in [0.1, 0.15) is 177 Å². The molecule has 0 saturated carbocycles. The average Bonchev–Trinajstić information content (AvgIpc) is 2.99. The van der Waals surface area contributed by atoms with Gasteiger partial charge in [-0.05, 0) is 123 Å². The maximum atomic E-state index is 6.56. The summed E-state index contributed by atoms with van der Waals surface area (Å²) in [6, 6.07) is 4.73. The Balaban J connectivity index is 2.70. The first-order chi connectivity index (χ1) is 20.5. The Labute approximate surface area is 261 Å². The third-order valence-electron chi connectivity index (χ3n) is 8.82. The quantitative estimate of drug-likeness (QED) is 0.0964. The van der Waals surface area contributed by atoms with Gasteiger partial charge in [-0.15, -0.1) is 0 Å². The number of rotatable bonds is 23. The second-order valence-corrected chi connectivity index (χ2v) is 12.5. The lowest BCUT2D eigenvalue weighted by molar-refractivity contribution is -0.102. The zero-order valence-electron chi connectivity index (χ0n) is 29.1. The number of hydrogen-bond acceptors (Lipinski definition) is 2. The van der Waals surface area contributed by atoms with Crippen LogP contribution in [0.25, 0.3) is 0 Å². The summed E-state index contributed by atoms with van der Waals surface area (Å²) in [6.45, 7) is 18.5. The molecule has 2 aromatic rings. The highest BCUT2D eigenvalue weighted by molar-refractivity contribution is 5.52. The summed E-state index contributed by atoms with van der Waals surface area (Å²) in [5.41, 5.74) is 12.1. The van der Waals surface area contributed by atoms with Crippen molar-refractivity contribution in [3.63, 3.8) is 0 Å². The Kier molecular flexibility index (Phi) is 18.0. The fourth-order valence-corrected chi connectivity index (χ4v) is 6.62. The van der Waals surface area contributed by atoms with E-state index < -0.39 is 0 Å². The van der Waals surface area contributed by atoms with E-state index in [0.29, 0.717) is 0 Å². The topological polar surface area (TPSA) is 18.5 Å². The predicted octanol–water partition coefficient (Wildman–Crippen LogP) is 12.2. The Morgan fingerprint density at radius 1 is 0.333 bits per heavy atom. The highest BCUT2D eigenvalue weighted by atomic mass is 17.2. The summed E-state index contributed by atoms with van der Waals surface area (Å²) in [5.74, 6) is 1.94. The third-order valence-corrected chi connectivity index (χ3v) is 8.82. The Morgan fingerprint density at radius 3 is 0.952 bits per heavy atom. The third kappa shape index (κ3) is 10.3. The molecule has 0 bridgehead atoms. The van der Waals surface area contributed by atoms with Crippen LogP contribution in [0.2, 0.25) is 0 Å². The lowest BCUT2D eigenvalue weighted by atomic mass is 9.86. The molecule has 0 aliphatic rings. The van der Waals surface area contributed by atoms with Gasteiger partial charge in [0.05, 0.1) is 0 Å². The minimum atomic E-state index is 0.971. The molecule has 0 aliphatic heterocycles. The Hall–Kier alpha value is -1.96. The van der Waals surface area contributed by atoms with Crippen molar-refractivity contribution in [3.8, 4) is 11.5 Å². The van der Waals surface area contributed by atoms with Crippen LogP contribution in [-0.4, -0.2) is 0 Å². The standard InChI is InChI=1S/C40H66O2/c1-9-17-25-31-29-39(37(23-15-7)35(27-19-11-3)33(31)21-13-5)41-42-40-30-32(26-18-10-2)34(22-14-6)36(28-20-12-4)38(40)24-16-8/h29-30H,9-28H2,1-8H3. The maximum absolute atomic E-state index is 6.56. The molecule has 42 heavy (non-hydrogen) atoms. The van der Waals surface area contributed by atoms with Crippen LogP contribution >= 0.6 is 0 Å². The van der Waals surface area contributed by atoms with Gasteiger partial charge >= 0.3 is 0 Å². The molecule has 2 nitrogen and oxygen atoms in total. The van der Waals surface area contributed by atoms with E-state index >= 15 is 0 Å². The van der Waals surface area contributed by atoms with Crippen LogP contribution in [0.3, 0.4) is 0 Å². The van der Waals surface area contributed by atoms with Crippen molar-refractivity contribution in [2.24, 2.45) is 0 Å². The summed E-state index contributed by atoms with van der Waals surface area (Å²) < 4.78 is 0. The van der Waals surface area contributed by atoms with E-state index in [0.717, 1.165) is 75.7 Å². The summed E-state index contributed by atoms with van der Waals surface area (Å²) in [4.78, 5) is 13.1. The largest absolute Gasteiger partial charge is 0.290 e. The van der Waals surface area contributed by atoms with Crippen molar-refractivity contribution in [2.75, 3.05) is 0 Å². The molecule has 0 heterocycles.